The van der Waals surface area contributed by atoms with Gasteiger partial charge < -0.3 is 20.3 Å². The van der Waals surface area contributed by atoms with E-state index in [0.717, 1.165) is 42.4 Å². The number of carbonyl (C=O) groups is 3. The molecular weight excluding hydrogens is 474 g/mol. The standard InChI is InChI=1S/C28H47N3O4S/c1-9-11-16-29-25(32)24(22-14-13-20(3)21(4)19-22)31(17-12-10-2)26(33)23(15-18-36-8)30-27(34)35-28(5,6)7/h13-14,19,23-24H,9-12,15-18H2,1-8H3,(H,29,32)(H,30,34). The number of hydrogen-bond donors (Lipinski definition) is 2. The Kier molecular flexibility index (Phi) is 14.0. The number of hydrogen-bond acceptors (Lipinski definition) is 5. The highest BCUT2D eigenvalue weighted by Gasteiger charge is 2.35. The number of nitrogens with zero attached hydrogens (tertiary/aromatic N) is 1. The molecule has 2 N–H and O–H groups in total. The van der Waals surface area contributed by atoms with Gasteiger partial charge in [-0.3, -0.25) is 9.59 Å². The summed E-state index contributed by atoms with van der Waals surface area (Å²) >= 11 is 1.60. The molecule has 0 spiro atoms. The Balaban J connectivity index is 3.44. The Hall–Kier alpha value is -2.22. The third-order valence-corrected chi connectivity index (χ3v) is 6.52. The SMILES string of the molecule is CCCCNC(=O)C(c1ccc(C)c(C)c1)N(CCCC)C(=O)C(CCSC)NC(=O)OC(C)(C)C. The molecule has 8 heteroatoms. The highest BCUT2D eigenvalue weighted by molar-refractivity contribution is 7.98. The molecule has 0 bridgehead atoms. The second-order valence-corrected chi connectivity index (χ2v) is 11.2. The third-order valence-electron chi connectivity index (χ3n) is 5.87. The van der Waals surface area contributed by atoms with Crippen LogP contribution in [-0.2, 0) is 14.3 Å². The van der Waals surface area contributed by atoms with Crippen LogP contribution in [0.5, 0.6) is 0 Å². The Bertz CT molecular complexity index is 854. The van der Waals surface area contributed by atoms with Crippen LogP contribution in [0.4, 0.5) is 4.79 Å². The van der Waals surface area contributed by atoms with Crippen LogP contribution in [0, 0.1) is 13.8 Å². The van der Waals surface area contributed by atoms with Crippen molar-refractivity contribution in [3.05, 3.63) is 34.9 Å². The molecule has 1 aromatic rings. The van der Waals surface area contributed by atoms with Gasteiger partial charge in [0, 0.05) is 13.1 Å². The molecule has 2 unspecified atom stereocenters. The van der Waals surface area contributed by atoms with E-state index in [2.05, 4.69) is 24.5 Å². The first kappa shape index (κ1) is 31.8. The van der Waals surface area contributed by atoms with Crippen molar-refractivity contribution < 1.29 is 19.1 Å². The maximum absolute atomic E-state index is 14.0. The molecule has 0 aliphatic rings. The summed E-state index contributed by atoms with van der Waals surface area (Å²) in [6.45, 7) is 14.5. The Labute approximate surface area is 222 Å². The largest absolute Gasteiger partial charge is 0.444 e. The molecule has 0 heterocycles. The summed E-state index contributed by atoms with van der Waals surface area (Å²) in [4.78, 5) is 41.8. The van der Waals surface area contributed by atoms with Crippen LogP contribution in [0.3, 0.4) is 0 Å². The van der Waals surface area contributed by atoms with E-state index >= 15 is 0 Å². The lowest BCUT2D eigenvalue weighted by atomic mass is 9.98. The number of aryl methyl sites for hydroxylation is 2. The number of unbranched alkanes of at least 4 members (excludes halogenated alkanes) is 2. The predicted molar refractivity (Wildman–Crippen MR) is 149 cm³/mol. The van der Waals surface area contributed by atoms with Crippen molar-refractivity contribution in [2.24, 2.45) is 0 Å². The van der Waals surface area contributed by atoms with Gasteiger partial charge in [0.05, 0.1) is 0 Å². The van der Waals surface area contributed by atoms with E-state index in [4.69, 9.17) is 4.74 Å². The molecule has 0 saturated heterocycles. The van der Waals surface area contributed by atoms with Crippen LogP contribution in [0.15, 0.2) is 18.2 Å². The van der Waals surface area contributed by atoms with Crippen LogP contribution >= 0.6 is 11.8 Å². The third kappa shape index (κ3) is 10.8. The van der Waals surface area contributed by atoms with Crippen molar-refractivity contribution in [2.75, 3.05) is 25.1 Å². The van der Waals surface area contributed by atoms with Crippen molar-refractivity contribution in [3.8, 4) is 0 Å². The molecule has 7 nitrogen and oxygen atoms in total. The Morgan fingerprint density at radius 3 is 2.28 bits per heavy atom. The lowest BCUT2D eigenvalue weighted by Gasteiger charge is -2.35. The van der Waals surface area contributed by atoms with Gasteiger partial charge in [0.25, 0.3) is 0 Å². The summed E-state index contributed by atoms with van der Waals surface area (Å²) in [5.41, 5.74) is 2.28. The van der Waals surface area contributed by atoms with Gasteiger partial charge >= 0.3 is 6.09 Å². The molecule has 1 rings (SSSR count). The van der Waals surface area contributed by atoms with E-state index in [1.807, 2.05) is 38.3 Å². The summed E-state index contributed by atoms with van der Waals surface area (Å²) in [6.07, 6.45) is 5.22. The lowest BCUT2D eigenvalue weighted by Crippen LogP contribution is -2.53. The minimum absolute atomic E-state index is 0.197. The van der Waals surface area contributed by atoms with E-state index in [0.29, 0.717) is 25.3 Å². The molecular formula is C28H47N3O4S. The molecule has 2 atom stereocenters. The fraction of sp³-hybridized carbons (Fsp3) is 0.679. The fourth-order valence-corrected chi connectivity index (χ4v) is 4.20. The number of carbonyl (C=O) groups excluding carboxylic acids is 3. The highest BCUT2D eigenvalue weighted by Crippen LogP contribution is 2.26. The Morgan fingerprint density at radius 1 is 1.06 bits per heavy atom. The zero-order valence-electron chi connectivity index (χ0n) is 23.5. The van der Waals surface area contributed by atoms with E-state index in [-0.39, 0.29) is 11.8 Å². The van der Waals surface area contributed by atoms with Crippen molar-refractivity contribution in [2.45, 2.75) is 98.3 Å². The second kappa shape index (κ2) is 15.8. The van der Waals surface area contributed by atoms with Crippen LogP contribution in [0.1, 0.15) is 89.5 Å². The second-order valence-electron chi connectivity index (χ2n) is 10.3. The average Bonchev–Trinajstić information content (AvgIpc) is 2.79. The molecule has 0 radical (unpaired) electrons. The number of amides is 3. The molecule has 0 aliphatic heterocycles. The van der Waals surface area contributed by atoms with E-state index in [1.54, 1.807) is 37.4 Å². The zero-order valence-corrected chi connectivity index (χ0v) is 24.3. The number of thioether (sulfide) groups is 1. The molecule has 204 valence electrons. The summed E-state index contributed by atoms with van der Waals surface area (Å²) in [5, 5.41) is 5.82. The van der Waals surface area contributed by atoms with E-state index in [9.17, 15) is 14.4 Å². The molecule has 36 heavy (non-hydrogen) atoms. The minimum Gasteiger partial charge on any atom is -0.444 e. The van der Waals surface area contributed by atoms with Crippen LogP contribution in [0.25, 0.3) is 0 Å². The quantitative estimate of drug-likeness (QED) is 0.314. The van der Waals surface area contributed by atoms with Crippen molar-refractivity contribution in [1.82, 2.24) is 15.5 Å². The van der Waals surface area contributed by atoms with Crippen molar-refractivity contribution in [3.63, 3.8) is 0 Å². The van der Waals surface area contributed by atoms with Crippen LogP contribution in [0.2, 0.25) is 0 Å². The van der Waals surface area contributed by atoms with Gasteiger partial charge in [-0.2, -0.15) is 11.8 Å². The molecule has 0 saturated carbocycles. The highest BCUT2D eigenvalue weighted by atomic mass is 32.2. The van der Waals surface area contributed by atoms with Gasteiger partial charge in [-0.05, 0) is 82.6 Å². The maximum Gasteiger partial charge on any atom is 0.408 e. The zero-order chi connectivity index (χ0) is 27.3. The topological polar surface area (TPSA) is 87.7 Å². The molecule has 0 fully saturated rings. The van der Waals surface area contributed by atoms with Gasteiger partial charge in [0.2, 0.25) is 11.8 Å². The summed E-state index contributed by atoms with van der Waals surface area (Å²) in [6, 6.07) is 4.34. The summed E-state index contributed by atoms with van der Waals surface area (Å²) < 4.78 is 5.44. The van der Waals surface area contributed by atoms with Crippen LogP contribution < -0.4 is 10.6 Å². The van der Waals surface area contributed by atoms with Gasteiger partial charge in [0.15, 0.2) is 0 Å². The number of nitrogens with one attached hydrogen (secondary N) is 2. The summed E-state index contributed by atoms with van der Waals surface area (Å²) in [7, 11) is 0. The van der Waals surface area contributed by atoms with Gasteiger partial charge in [0.1, 0.15) is 17.7 Å². The van der Waals surface area contributed by atoms with Crippen molar-refractivity contribution in [1.29, 1.82) is 0 Å². The number of ether oxygens (including phenoxy) is 1. The normalized spacial score (nSPS) is 13.0. The minimum atomic E-state index is -0.790. The molecule has 0 aliphatic carbocycles. The fourth-order valence-electron chi connectivity index (χ4n) is 3.73. The smallest absolute Gasteiger partial charge is 0.408 e. The first-order valence-corrected chi connectivity index (χ1v) is 14.5. The maximum atomic E-state index is 14.0. The van der Waals surface area contributed by atoms with Crippen molar-refractivity contribution >= 4 is 29.7 Å². The summed E-state index contributed by atoms with van der Waals surface area (Å²) in [5.74, 6) is 0.222. The lowest BCUT2D eigenvalue weighted by molar-refractivity contribution is -0.142. The van der Waals surface area contributed by atoms with E-state index in [1.165, 1.54) is 0 Å². The monoisotopic (exact) mass is 521 g/mol. The molecule has 0 aromatic heterocycles. The number of benzene rings is 1. The first-order valence-electron chi connectivity index (χ1n) is 13.1. The average molecular weight is 522 g/mol. The van der Waals surface area contributed by atoms with Crippen LogP contribution in [-0.4, -0.2) is 59.5 Å². The number of alkyl carbamates (subject to hydrolysis) is 1. The molecule has 3 amide bonds. The Morgan fingerprint density at radius 2 is 1.72 bits per heavy atom. The number of rotatable bonds is 14. The first-order chi connectivity index (χ1) is 16.9. The van der Waals surface area contributed by atoms with E-state index < -0.39 is 23.8 Å². The van der Waals surface area contributed by atoms with Gasteiger partial charge in [-0.15, -0.1) is 0 Å². The van der Waals surface area contributed by atoms with Gasteiger partial charge in [-0.25, -0.2) is 4.79 Å². The van der Waals surface area contributed by atoms with Gasteiger partial charge in [-0.1, -0.05) is 44.9 Å². The predicted octanol–water partition coefficient (Wildman–Crippen LogP) is 5.54. The molecule has 1 aromatic carbocycles.